The van der Waals surface area contributed by atoms with Gasteiger partial charge >= 0.3 is 5.97 Å². The second-order valence-corrected chi connectivity index (χ2v) is 5.88. The number of hydrogen-bond donors (Lipinski definition) is 1. The second-order valence-electron chi connectivity index (χ2n) is 5.47. The van der Waals surface area contributed by atoms with Gasteiger partial charge in [0.2, 0.25) is 0 Å². The molecule has 0 bridgehead atoms. The van der Waals surface area contributed by atoms with E-state index < -0.39 is 17.2 Å². The lowest BCUT2D eigenvalue weighted by Crippen LogP contribution is -2.35. The number of rotatable bonds is 3. The third-order valence-electron chi connectivity index (χ3n) is 4.25. The number of benzene rings is 2. The van der Waals surface area contributed by atoms with Gasteiger partial charge < -0.3 is 5.11 Å². The first-order valence-corrected chi connectivity index (χ1v) is 7.16. The number of halogens is 2. The van der Waals surface area contributed by atoms with Gasteiger partial charge in [-0.2, -0.15) is 0 Å². The first-order chi connectivity index (χ1) is 10.0. The summed E-state index contributed by atoms with van der Waals surface area (Å²) in [6, 6.07) is 12.0. The van der Waals surface area contributed by atoms with Gasteiger partial charge in [-0.15, -0.1) is 0 Å². The standard InChI is InChI=1S/C17H14ClFO2/c18-14-9-11(5-6-15(14)19)10-17(16(20)21)8-7-12-3-1-2-4-13(12)17/h1-6,9H,7-8,10H2,(H,20,21). The largest absolute Gasteiger partial charge is 0.481 e. The fraction of sp³-hybridized carbons (Fsp3) is 0.235. The maximum Gasteiger partial charge on any atom is 0.314 e. The van der Waals surface area contributed by atoms with E-state index in [-0.39, 0.29) is 5.02 Å². The van der Waals surface area contributed by atoms with Gasteiger partial charge in [0, 0.05) is 0 Å². The van der Waals surface area contributed by atoms with Gasteiger partial charge in [-0.3, -0.25) is 4.79 Å². The third kappa shape index (κ3) is 2.32. The van der Waals surface area contributed by atoms with E-state index in [1.54, 1.807) is 6.07 Å². The predicted octanol–water partition coefficient (Wildman–Crippen LogP) is 3.99. The van der Waals surface area contributed by atoms with E-state index in [4.69, 9.17) is 11.6 Å². The highest BCUT2D eigenvalue weighted by Crippen LogP contribution is 2.42. The molecule has 0 aromatic heterocycles. The Bertz CT molecular complexity index is 714. The molecule has 0 radical (unpaired) electrons. The van der Waals surface area contributed by atoms with E-state index in [1.807, 2.05) is 24.3 Å². The zero-order chi connectivity index (χ0) is 15.0. The van der Waals surface area contributed by atoms with Crippen molar-refractivity contribution in [3.05, 3.63) is 70.0 Å². The van der Waals surface area contributed by atoms with Crippen molar-refractivity contribution in [2.75, 3.05) is 0 Å². The van der Waals surface area contributed by atoms with Crippen molar-refractivity contribution in [3.8, 4) is 0 Å². The molecular formula is C17H14ClFO2. The zero-order valence-electron chi connectivity index (χ0n) is 11.3. The molecule has 3 rings (SSSR count). The lowest BCUT2D eigenvalue weighted by molar-refractivity contribution is -0.143. The highest BCUT2D eigenvalue weighted by atomic mass is 35.5. The average Bonchev–Trinajstić information content (AvgIpc) is 2.84. The molecule has 0 amide bonds. The topological polar surface area (TPSA) is 37.3 Å². The Morgan fingerprint density at radius 1 is 1.29 bits per heavy atom. The van der Waals surface area contributed by atoms with Crippen LogP contribution < -0.4 is 0 Å². The van der Waals surface area contributed by atoms with Crippen LogP contribution in [0.15, 0.2) is 42.5 Å². The number of aliphatic carboxylic acids is 1. The summed E-state index contributed by atoms with van der Waals surface area (Å²) in [4.78, 5) is 11.9. The van der Waals surface area contributed by atoms with Crippen LogP contribution in [0, 0.1) is 5.82 Å². The first-order valence-electron chi connectivity index (χ1n) is 6.79. The van der Waals surface area contributed by atoms with E-state index in [9.17, 15) is 14.3 Å². The minimum atomic E-state index is -0.947. The third-order valence-corrected chi connectivity index (χ3v) is 4.54. The quantitative estimate of drug-likeness (QED) is 0.931. The van der Waals surface area contributed by atoms with Crippen LogP contribution in [0.25, 0.3) is 0 Å². The highest BCUT2D eigenvalue weighted by Gasteiger charge is 2.45. The van der Waals surface area contributed by atoms with Crippen molar-refractivity contribution in [3.63, 3.8) is 0 Å². The maximum absolute atomic E-state index is 13.3. The van der Waals surface area contributed by atoms with Crippen LogP contribution in [0.4, 0.5) is 4.39 Å². The van der Waals surface area contributed by atoms with Crippen molar-refractivity contribution in [1.82, 2.24) is 0 Å². The van der Waals surface area contributed by atoms with Crippen molar-refractivity contribution in [2.45, 2.75) is 24.7 Å². The summed E-state index contributed by atoms with van der Waals surface area (Å²) in [6.07, 6.45) is 1.62. The second kappa shape index (κ2) is 5.15. The van der Waals surface area contributed by atoms with Gasteiger partial charge in [-0.1, -0.05) is 41.9 Å². The predicted molar refractivity (Wildman–Crippen MR) is 79.2 cm³/mol. The summed E-state index contributed by atoms with van der Waals surface area (Å²) in [5, 5.41) is 9.82. The molecule has 1 atom stereocenters. The number of carboxylic acid groups (broad SMARTS) is 1. The molecule has 2 nitrogen and oxygen atoms in total. The van der Waals surface area contributed by atoms with Crippen LogP contribution in [-0.2, 0) is 23.1 Å². The van der Waals surface area contributed by atoms with Crippen molar-refractivity contribution in [2.24, 2.45) is 0 Å². The lowest BCUT2D eigenvalue weighted by atomic mass is 9.76. The van der Waals surface area contributed by atoms with Gasteiger partial charge in [0.1, 0.15) is 5.82 Å². The van der Waals surface area contributed by atoms with Crippen LogP contribution in [0.5, 0.6) is 0 Å². The van der Waals surface area contributed by atoms with E-state index in [2.05, 4.69) is 0 Å². The molecule has 2 aromatic rings. The van der Waals surface area contributed by atoms with Gasteiger partial charge in [0.15, 0.2) is 0 Å². The lowest BCUT2D eigenvalue weighted by Gasteiger charge is -2.26. The molecular weight excluding hydrogens is 291 g/mol. The Morgan fingerprint density at radius 3 is 2.76 bits per heavy atom. The molecule has 1 unspecified atom stereocenters. The molecule has 0 saturated carbocycles. The Morgan fingerprint density at radius 2 is 2.05 bits per heavy atom. The van der Waals surface area contributed by atoms with Crippen LogP contribution >= 0.6 is 11.6 Å². The summed E-state index contributed by atoms with van der Waals surface area (Å²) < 4.78 is 13.3. The molecule has 1 N–H and O–H groups in total. The summed E-state index contributed by atoms with van der Waals surface area (Å²) in [6.45, 7) is 0. The number of hydrogen-bond acceptors (Lipinski definition) is 1. The SMILES string of the molecule is O=C(O)C1(Cc2ccc(F)c(Cl)c2)CCc2ccccc21. The Hall–Kier alpha value is -1.87. The molecule has 0 spiro atoms. The smallest absolute Gasteiger partial charge is 0.314 e. The number of fused-ring (bicyclic) bond motifs is 1. The van der Waals surface area contributed by atoms with Crippen LogP contribution in [-0.4, -0.2) is 11.1 Å². The summed E-state index contributed by atoms with van der Waals surface area (Å²) in [5.41, 5.74) is 1.73. The average molecular weight is 305 g/mol. The maximum atomic E-state index is 13.3. The molecule has 1 aliphatic rings. The Balaban J connectivity index is 2.04. The molecule has 0 fully saturated rings. The highest BCUT2D eigenvalue weighted by molar-refractivity contribution is 6.30. The fourth-order valence-corrected chi connectivity index (χ4v) is 3.37. The van der Waals surface area contributed by atoms with Crippen LogP contribution in [0.2, 0.25) is 5.02 Å². The van der Waals surface area contributed by atoms with E-state index in [1.165, 1.54) is 12.1 Å². The minimum absolute atomic E-state index is 0.0271. The first kappa shape index (κ1) is 14.1. The van der Waals surface area contributed by atoms with Gasteiger partial charge in [-0.25, -0.2) is 4.39 Å². The zero-order valence-corrected chi connectivity index (χ0v) is 12.0. The van der Waals surface area contributed by atoms with Gasteiger partial charge in [0.25, 0.3) is 0 Å². The summed E-state index contributed by atoms with van der Waals surface area (Å²) >= 11 is 5.80. The van der Waals surface area contributed by atoms with Crippen molar-refractivity contribution in [1.29, 1.82) is 0 Å². The van der Waals surface area contributed by atoms with Crippen LogP contribution in [0.1, 0.15) is 23.1 Å². The molecule has 0 heterocycles. The molecule has 108 valence electrons. The van der Waals surface area contributed by atoms with E-state index >= 15 is 0 Å². The van der Waals surface area contributed by atoms with Gasteiger partial charge in [-0.05, 0) is 48.1 Å². The van der Waals surface area contributed by atoms with E-state index in [0.29, 0.717) is 12.8 Å². The van der Waals surface area contributed by atoms with Crippen molar-refractivity contribution < 1.29 is 14.3 Å². The summed E-state index contributed by atoms with van der Waals surface area (Å²) in [5.74, 6) is -1.33. The van der Waals surface area contributed by atoms with Gasteiger partial charge in [0.05, 0.1) is 10.4 Å². The number of carboxylic acids is 1. The molecule has 0 aliphatic heterocycles. The van der Waals surface area contributed by atoms with Crippen molar-refractivity contribution >= 4 is 17.6 Å². The Kier molecular flexibility index (Phi) is 3.46. The molecule has 21 heavy (non-hydrogen) atoms. The molecule has 4 heteroatoms. The Labute approximate surface area is 127 Å². The summed E-state index contributed by atoms with van der Waals surface area (Å²) in [7, 11) is 0. The molecule has 1 aliphatic carbocycles. The minimum Gasteiger partial charge on any atom is -0.481 e. The number of carbonyl (C=O) groups is 1. The fourth-order valence-electron chi connectivity index (χ4n) is 3.17. The monoisotopic (exact) mass is 304 g/mol. The van der Waals surface area contributed by atoms with E-state index in [0.717, 1.165) is 23.1 Å². The normalized spacial score (nSPS) is 20.3. The molecule has 2 aromatic carbocycles. The molecule has 0 saturated heterocycles. The van der Waals surface area contributed by atoms with Crippen LogP contribution in [0.3, 0.4) is 0 Å². The number of aryl methyl sites for hydroxylation is 1.